The van der Waals surface area contributed by atoms with E-state index in [9.17, 15) is 91.3 Å². The average molecular weight is 1270 g/mol. The van der Waals surface area contributed by atoms with E-state index < -0.39 is 216 Å². The highest BCUT2D eigenvalue weighted by molar-refractivity contribution is 5.83. The lowest BCUT2D eigenvalue weighted by molar-refractivity contribution is -0.404. The van der Waals surface area contributed by atoms with Gasteiger partial charge >= 0.3 is 5.97 Å². The number of carbonyl (C=O) groups is 2. The SMILES string of the molecule is CO[C@@]1(C(=O)O[C@@H]2C[C@H]3[C@@H]4CC[C@@H]5C[C@H](O[C@H]6O[C@@H](CO)[C@H](O[C@H]7O[C@@H](CO)[C@H](O)[C@@H](O[C@H]8OC[C@H](O)[C@@H](O)[C@@H]8O)[C@@H]7O[C@H]7O[C@@H](CO)[C@H](O)[C@@H](O)[C@@H]7O)[C@@H](O)[C@@H]6O)CC[C@]5(C)[C@H]4CC[C@]3(C)[C@H]2C(C)=O)C[C@@H](CO[C@H]2O[C@@H](CO)[C@H](O)[C@@H](O)[C@@H]2O)CN1. The number of hydrogen-bond acceptors (Lipinski definition) is 31. The van der Waals surface area contributed by atoms with Crippen molar-refractivity contribution in [2.45, 2.75) is 244 Å². The van der Waals surface area contributed by atoms with Gasteiger partial charge in [0.15, 0.2) is 31.5 Å². The van der Waals surface area contributed by atoms with Crippen LogP contribution in [0.5, 0.6) is 0 Å². The van der Waals surface area contributed by atoms with E-state index in [1.807, 2.05) is 0 Å². The first-order valence-electron chi connectivity index (χ1n) is 30.9. The van der Waals surface area contributed by atoms with Crippen LogP contribution in [0, 0.1) is 46.3 Å². The van der Waals surface area contributed by atoms with Crippen LogP contribution in [0.2, 0.25) is 0 Å². The molecule has 31 nitrogen and oxygen atoms in total. The lowest BCUT2D eigenvalue weighted by atomic mass is 9.44. The molecule has 0 unspecified atom stereocenters. The summed E-state index contributed by atoms with van der Waals surface area (Å²) >= 11 is 0. The van der Waals surface area contributed by atoms with Gasteiger partial charge in [0.1, 0.15) is 128 Å². The predicted molar refractivity (Wildman–Crippen MR) is 287 cm³/mol. The maximum Gasteiger partial charge on any atom is 0.354 e. The van der Waals surface area contributed by atoms with Gasteiger partial charge in [0.05, 0.1) is 51.7 Å². The van der Waals surface area contributed by atoms with Crippen LogP contribution in [0.1, 0.15) is 78.6 Å². The predicted octanol–water partition coefficient (Wildman–Crippen LogP) is -7.18. The number of aliphatic hydroxyl groups excluding tert-OH is 16. The lowest BCUT2D eigenvalue weighted by Gasteiger charge is -2.61. The van der Waals surface area contributed by atoms with Crippen LogP contribution in [0.4, 0.5) is 0 Å². The van der Waals surface area contributed by atoms with Crippen molar-refractivity contribution in [3.05, 3.63) is 0 Å². The first-order chi connectivity index (χ1) is 41.8. The standard InChI is InChI=1S/C57H93NO30/c1-21(63)34-29(85-54(76)57(77-4)13-22(14-58-57)19-78-49-43(73)39(69)36(66)30(15-59)81-49)12-27-25-6-5-23-11-24(7-9-55(23,2)26(25)8-10-56(27,34)3)80-51-45(75)41(71)46(33(18-62)84-51)86-53-48(88-52-44(74)40(70)37(67)31(16-60)82-52)47(38(68)32(17-61)83-53)87-50-42(72)35(65)28(64)20-79-50/h22-53,58-62,64-75H,5-20H2,1-4H3/t22-,23-,24-,25-,26+,27+,28+,29-,30+,31+,32+,33+,34+,35-,36+,37+,38+,39-,40-,41+,42+,43+,44+,45+,46+,47-,48+,49+,50-,51+,52-,53-,55+,56+,57-/m1/s1. The largest absolute Gasteiger partial charge is 0.458 e. The van der Waals surface area contributed by atoms with E-state index in [0.29, 0.717) is 32.1 Å². The van der Waals surface area contributed by atoms with Crippen molar-refractivity contribution >= 4 is 11.8 Å². The maximum atomic E-state index is 14.3. The minimum absolute atomic E-state index is 0.0340. The number of hydrogen-bond donors (Lipinski definition) is 17. The number of aliphatic hydroxyl groups is 16. The fraction of sp³-hybridized carbons (Fsp3) is 0.965. The zero-order valence-electron chi connectivity index (χ0n) is 49.7. The molecule has 17 N–H and O–H groups in total. The van der Waals surface area contributed by atoms with E-state index >= 15 is 0 Å². The van der Waals surface area contributed by atoms with E-state index in [-0.39, 0.29) is 60.4 Å². The summed E-state index contributed by atoms with van der Waals surface area (Å²) in [6.45, 7) is 2.36. The molecule has 31 heteroatoms. The van der Waals surface area contributed by atoms with Gasteiger partial charge in [0.25, 0.3) is 0 Å². The zero-order valence-corrected chi connectivity index (χ0v) is 49.7. The molecule has 506 valence electrons. The summed E-state index contributed by atoms with van der Waals surface area (Å²) in [6.07, 6.45) is -37.1. The Morgan fingerprint density at radius 3 is 1.75 bits per heavy atom. The van der Waals surface area contributed by atoms with Crippen LogP contribution in [0.15, 0.2) is 0 Å². The first kappa shape index (κ1) is 68.9. The summed E-state index contributed by atoms with van der Waals surface area (Å²) in [5.74, 6) is -1.09. The molecule has 4 saturated carbocycles. The second-order valence-electron chi connectivity index (χ2n) is 26.7. The van der Waals surface area contributed by atoms with Gasteiger partial charge in [-0.3, -0.25) is 10.1 Å². The van der Waals surface area contributed by atoms with Crippen molar-refractivity contribution < 1.29 is 148 Å². The third-order valence-corrected chi connectivity index (χ3v) is 21.7. The fourth-order valence-electron chi connectivity index (χ4n) is 16.7. The van der Waals surface area contributed by atoms with Gasteiger partial charge in [-0.2, -0.15) is 0 Å². The molecule has 0 spiro atoms. The molecule has 88 heavy (non-hydrogen) atoms. The molecule has 6 saturated heterocycles. The van der Waals surface area contributed by atoms with Gasteiger partial charge < -0.3 is 139 Å². The van der Waals surface area contributed by atoms with E-state index in [4.69, 9.17) is 56.8 Å². The molecule has 0 aromatic carbocycles. The molecule has 6 aliphatic heterocycles. The van der Waals surface area contributed by atoms with Crippen LogP contribution < -0.4 is 5.32 Å². The molecule has 35 atom stereocenters. The summed E-state index contributed by atoms with van der Waals surface area (Å²) in [7, 11) is 1.38. The van der Waals surface area contributed by atoms with Crippen molar-refractivity contribution in [2.75, 3.05) is 53.3 Å². The Balaban J connectivity index is 0.780. The summed E-state index contributed by atoms with van der Waals surface area (Å²) in [4.78, 5) is 28.1. The second-order valence-corrected chi connectivity index (χ2v) is 26.7. The van der Waals surface area contributed by atoms with Crippen LogP contribution in [0.25, 0.3) is 0 Å². The Morgan fingerprint density at radius 1 is 0.545 bits per heavy atom. The monoisotopic (exact) mass is 1270 g/mol. The van der Waals surface area contributed by atoms with Crippen LogP contribution >= 0.6 is 0 Å². The number of methoxy groups -OCH3 is 1. The summed E-state index contributed by atoms with van der Waals surface area (Å²) < 4.78 is 71.3. The molecule has 10 fully saturated rings. The highest BCUT2D eigenvalue weighted by Crippen LogP contribution is 2.68. The van der Waals surface area contributed by atoms with Crippen LogP contribution in [0.3, 0.4) is 0 Å². The van der Waals surface area contributed by atoms with Gasteiger partial charge in [-0.25, -0.2) is 4.79 Å². The molecule has 6 heterocycles. The molecule has 10 aliphatic rings. The first-order valence-corrected chi connectivity index (χ1v) is 30.9. The zero-order chi connectivity index (χ0) is 63.6. The second kappa shape index (κ2) is 27.8. The lowest BCUT2D eigenvalue weighted by Crippen LogP contribution is -2.68. The van der Waals surface area contributed by atoms with Crippen molar-refractivity contribution in [3.8, 4) is 0 Å². The molecule has 0 bridgehead atoms. The van der Waals surface area contributed by atoms with Crippen molar-refractivity contribution in [1.82, 2.24) is 5.32 Å². The average Bonchev–Trinajstić information content (AvgIpc) is 1.45. The number of ketones is 1. The third-order valence-electron chi connectivity index (χ3n) is 21.7. The number of Topliss-reactive ketones (excluding diaryl/α,β-unsaturated/α-hetero) is 1. The van der Waals surface area contributed by atoms with E-state index in [2.05, 4.69) is 19.2 Å². The third kappa shape index (κ3) is 12.8. The van der Waals surface area contributed by atoms with Crippen molar-refractivity contribution in [1.29, 1.82) is 0 Å². The van der Waals surface area contributed by atoms with Gasteiger partial charge in [0.2, 0.25) is 5.72 Å². The Morgan fingerprint density at radius 2 is 1.10 bits per heavy atom. The molecular weight excluding hydrogens is 1180 g/mol. The molecule has 0 aromatic heterocycles. The van der Waals surface area contributed by atoms with E-state index in [0.717, 1.165) is 19.3 Å². The Bertz CT molecular complexity index is 2330. The maximum absolute atomic E-state index is 14.3. The molecule has 0 aromatic rings. The topological polar surface area (TPSA) is 481 Å². The summed E-state index contributed by atoms with van der Waals surface area (Å²) in [5.41, 5.74) is -2.24. The normalized spacial score (nSPS) is 53.2. The number of rotatable bonds is 19. The molecule has 0 radical (unpaired) electrons. The van der Waals surface area contributed by atoms with Crippen LogP contribution in [-0.4, -0.2) is 312 Å². The molecule has 10 rings (SSSR count). The summed E-state index contributed by atoms with van der Waals surface area (Å²) in [6, 6.07) is 0. The highest BCUT2D eigenvalue weighted by Gasteiger charge is 2.66. The Hall–Kier alpha value is -1.98. The molecule has 0 amide bonds. The smallest absolute Gasteiger partial charge is 0.354 e. The number of carbonyl (C=O) groups excluding carboxylic acids is 2. The minimum atomic E-state index is -2.05. The van der Waals surface area contributed by atoms with Gasteiger partial charge in [-0.15, -0.1) is 0 Å². The Labute approximate surface area is 507 Å². The fourth-order valence-corrected chi connectivity index (χ4v) is 16.7. The van der Waals surface area contributed by atoms with Crippen LogP contribution in [-0.2, 0) is 66.4 Å². The van der Waals surface area contributed by atoms with Crippen molar-refractivity contribution in [3.63, 3.8) is 0 Å². The minimum Gasteiger partial charge on any atom is -0.458 e. The number of esters is 1. The van der Waals surface area contributed by atoms with E-state index in [1.165, 1.54) is 7.11 Å². The van der Waals surface area contributed by atoms with Gasteiger partial charge in [-0.05, 0) is 98.7 Å². The summed E-state index contributed by atoms with van der Waals surface area (Å²) in [5, 5.41) is 174. The number of ether oxygens (including phenoxy) is 12. The molecule has 4 aliphatic carbocycles. The molecular formula is C57H93NO30. The Kier molecular flexibility index (Phi) is 21.7. The quantitative estimate of drug-likeness (QED) is 0.0422. The highest BCUT2D eigenvalue weighted by atomic mass is 16.8. The van der Waals surface area contributed by atoms with E-state index in [1.54, 1.807) is 6.92 Å². The van der Waals surface area contributed by atoms with Gasteiger partial charge in [-0.1, -0.05) is 13.8 Å². The number of fused-ring (bicyclic) bond motifs is 5. The van der Waals surface area contributed by atoms with Crippen molar-refractivity contribution in [2.24, 2.45) is 46.3 Å². The number of nitrogens with one attached hydrogen (secondary N) is 1. The van der Waals surface area contributed by atoms with Gasteiger partial charge in [0, 0.05) is 20.1 Å².